The number of ether oxygens (including phenoxy) is 1. The highest BCUT2D eigenvalue weighted by molar-refractivity contribution is 7.98. The van der Waals surface area contributed by atoms with Crippen LogP contribution in [0, 0.1) is 6.92 Å². The normalized spacial score (nSPS) is 13.5. The van der Waals surface area contributed by atoms with E-state index in [-0.39, 0.29) is 5.56 Å². The summed E-state index contributed by atoms with van der Waals surface area (Å²) in [5.41, 5.74) is 3.27. The van der Waals surface area contributed by atoms with Crippen molar-refractivity contribution < 1.29 is 4.74 Å². The summed E-state index contributed by atoms with van der Waals surface area (Å²) in [5.74, 6) is 0.612. The fourth-order valence-corrected chi connectivity index (χ4v) is 3.31. The number of hydrogen-bond acceptors (Lipinski definition) is 5. The summed E-state index contributed by atoms with van der Waals surface area (Å²) in [7, 11) is 0. The van der Waals surface area contributed by atoms with Gasteiger partial charge in [0.05, 0.1) is 24.5 Å². The van der Waals surface area contributed by atoms with Crippen molar-refractivity contribution in [3.63, 3.8) is 0 Å². The Kier molecular flexibility index (Phi) is 3.78. The van der Waals surface area contributed by atoms with Gasteiger partial charge in [0.2, 0.25) is 0 Å². The van der Waals surface area contributed by atoms with E-state index < -0.39 is 0 Å². The first-order chi connectivity index (χ1) is 9.65. The number of aryl methyl sites for hydroxylation is 1. The van der Waals surface area contributed by atoms with E-state index in [0.29, 0.717) is 34.8 Å². The van der Waals surface area contributed by atoms with Crippen molar-refractivity contribution in [2.45, 2.75) is 31.0 Å². The minimum atomic E-state index is -0.121. The summed E-state index contributed by atoms with van der Waals surface area (Å²) >= 11 is 7.52. The number of nitrogens with one attached hydrogen (secondary N) is 1. The van der Waals surface area contributed by atoms with Crippen LogP contribution in [0.25, 0.3) is 0 Å². The summed E-state index contributed by atoms with van der Waals surface area (Å²) in [6.45, 7) is 2.73. The summed E-state index contributed by atoms with van der Waals surface area (Å²) < 4.78 is 5.23. The van der Waals surface area contributed by atoms with E-state index in [4.69, 9.17) is 16.3 Å². The van der Waals surface area contributed by atoms with Gasteiger partial charge in [-0.1, -0.05) is 23.4 Å². The number of aromatic amines is 1. The molecule has 3 rings (SSSR count). The van der Waals surface area contributed by atoms with Gasteiger partial charge in [-0.15, -0.1) is 0 Å². The third-order valence-electron chi connectivity index (χ3n) is 3.16. The van der Waals surface area contributed by atoms with Crippen molar-refractivity contribution in [2.75, 3.05) is 0 Å². The molecule has 1 aliphatic heterocycles. The predicted molar refractivity (Wildman–Crippen MR) is 76.9 cm³/mol. The summed E-state index contributed by atoms with van der Waals surface area (Å²) in [5, 5.41) is 1.07. The fourth-order valence-electron chi connectivity index (χ4n) is 1.98. The zero-order valence-corrected chi connectivity index (χ0v) is 12.3. The Labute approximate surface area is 124 Å². The van der Waals surface area contributed by atoms with Gasteiger partial charge in [-0.05, 0) is 18.6 Å². The summed E-state index contributed by atoms with van der Waals surface area (Å²) in [4.78, 5) is 23.1. The fraction of sp³-hybridized carbons (Fsp3) is 0.308. The van der Waals surface area contributed by atoms with Crippen LogP contribution in [0.2, 0.25) is 5.15 Å². The molecule has 5 nitrogen and oxygen atoms in total. The van der Waals surface area contributed by atoms with Crippen LogP contribution in [0.1, 0.15) is 22.4 Å². The maximum absolute atomic E-state index is 11.8. The third kappa shape index (κ3) is 2.59. The van der Waals surface area contributed by atoms with Crippen LogP contribution in [-0.2, 0) is 23.7 Å². The number of fused-ring (bicyclic) bond motifs is 1. The van der Waals surface area contributed by atoms with E-state index in [0.717, 1.165) is 16.8 Å². The molecular formula is C13H12ClN3O2S. The minimum absolute atomic E-state index is 0.121. The lowest BCUT2D eigenvalue weighted by Gasteiger charge is -2.07. The molecule has 3 heterocycles. The highest BCUT2D eigenvalue weighted by Gasteiger charge is 2.18. The molecule has 2 aromatic heterocycles. The maximum Gasteiger partial charge on any atom is 0.257 e. The Morgan fingerprint density at radius 2 is 2.35 bits per heavy atom. The van der Waals surface area contributed by atoms with E-state index >= 15 is 0 Å². The average molecular weight is 310 g/mol. The molecule has 0 aromatic carbocycles. The molecule has 0 aliphatic carbocycles. The maximum atomic E-state index is 11.8. The second-order valence-electron chi connectivity index (χ2n) is 4.48. The van der Waals surface area contributed by atoms with Crippen LogP contribution in [0.15, 0.2) is 22.2 Å². The van der Waals surface area contributed by atoms with Crippen molar-refractivity contribution in [3.05, 3.63) is 50.2 Å². The van der Waals surface area contributed by atoms with Crippen LogP contribution < -0.4 is 5.56 Å². The van der Waals surface area contributed by atoms with Crippen molar-refractivity contribution in [1.29, 1.82) is 0 Å². The van der Waals surface area contributed by atoms with Gasteiger partial charge in [-0.2, -0.15) is 0 Å². The molecule has 2 aromatic rings. The predicted octanol–water partition coefficient (Wildman–Crippen LogP) is 2.45. The number of pyridine rings is 1. The molecule has 0 saturated carbocycles. The molecule has 20 heavy (non-hydrogen) atoms. The van der Waals surface area contributed by atoms with Gasteiger partial charge in [-0.3, -0.25) is 4.79 Å². The molecule has 1 aliphatic rings. The third-order valence-corrected chi connectivity index (χ3v) is 4.38. The van der Waals surface area contributed by atoms with Gasteiger partial charge in [0.25, 0.3) is 5.56 Å². The van der Waals surface area contributed by atoms with Gasteiger partial charge in [-0.25, -0.2) is 9.97 Å². The monoisotopic (exact) mass is 309 g/mol. The number of rotatable bonds is 3. The highest BCUT2D eigenvalue weighted by Crippen LogP contribution is 2.26. The Balaban J connectivity index is 1.83. The van der Waals surface area contributed by atoms with Crippen molar-refractivity contribution in [1.82, 2.24) is 15.0 Å². The van der Waals surface area contributed by atoms with E-state index in [1.165, 1.54) is 11.8 Å². The Hall–Kier alpha value is -1.37. The van der Waals surface area contributed by atoms with Crippen molar-refractivity contribution in [2.24, 2.45) is 0 Å². The minimum Gasteiger partial charge on any atom is -0.370 e. The average Bonchev–Trinajstić information content (AvgIpc) is 2.87. The highest BCUT2D eigenvalue weighted by atomic mass is 35.5. The lowest BCUT2D eigenvalue weighted by Crippen LogP contribution is -2.15. The number of H-pyrrole nitrogens is 1. The SMILES string of the molecule is Cc1ccnc(Cl)c1CSc1nc2c(c(=O)[nH]1)COC2. The topological polar surface area (TPSA) is 67.9 Å². The van der Waals surface area contributed by atoms with Crippen LogP contribution in [0.3, 0.4) is 0 Å². The van der Waals surface area contributed by atoms with Crippen LogP contribution in [0.4, 0.5) is 0 Å². The molecule has 7 heteroatoms. The quantitative estimate of drug-likeness (QED) is 0.536. The van der Waals surface area contributed by atoms with Crippen molar-refractivity contribution >= 4 is 23.4 Å². The van der Waals surface area contributed by atoms with Gasteiger partial charge in [0.1, 0.15) is 5.15 Å². The molecule has 0 bridgehead atoms. The largest absolute Gasteiger partial charge is 0.370 e. The lowest BCUT2D eigenvalue weighted by atomic mass is 10.2. The van der Waals surface area contributed by atoms with Crippen LogP contribution in [-0.4, -0.2) is 15.0 Å². The Morgan fingerprint density at radius 3 is 3.15 bits per heavy atom. The first-order valence-electron chi connectivity index (χ1n) is 6.07. The second-order valence-corrected chi connectivity index (χ2v) is 5.80. The van der Waals surface area contributed by atoms with E-state index in [1.807, 2.05) is 13.0 Å². The first kappa shape index (κ1) is 13.6. The number of aromatic nitrogens is 3. The number of thioether (sulfide) groups is 1. The molecule has 0 atom stereocenters. The summed E-state index contributed by atoms with van der Waals surface area (Å²) in [6.07, 6.45) is 1.68. The number of hydrogen-bond donors (Lipinski definition) is 1. The lowest BCUT2D eigenvalue weighted by molar-refractivity contribution is 0.132. The molecule has 1 N–H and O–H groups in total. The Morgan fingerprint density at radius 1 is 1.50 bits per heavy atom. The van der Waals surface area contributed by atoms with Gasteiger partial charge in [0, 0.05) is 17.5 Å². The molecule has 0 radical (unpaired) electrons. The molecule has 104 valence electrons. The van der Waals surface area contributed by atoms with Crippen molar-refractivity contribution in [3.8, 4) is 0 Å². The van der Waals surface area contributed by atoms with E-state index in [1.54, 1.807) is 6.20 Å². The standard InChI is InChI=1S/C13H12ClN3O2S/c1-7-2-3-15-11(14)9(7)6-20-13-16-10-5-19-4-8(10)12(18)17-13/h2-3H,4-6H2,1H3,(H,16,17,18). The second kappa shape index (κ2) is 5.55. The zero-order valence-electron chi connectivity index (χ0n) is 10.8. The van der Waals surface area contributed by atoms with E-state index in [9.17, 15) is 4.79 Å². The zero-order chi connectivity index (χ0) is 14.1. The van der Waals surface area contributed by atoms with E-state index in [2.05, 4.69) is 15.0 Å². The molecule has 0 amide bonds. The van der Waals surface area contributed by atoms with Gasteiger partial charge >= 0.3 is 0 Å². The number of halogens is 1. The Bertz CT molecular complexity index is 697. The molecule has 0 spiro atoms. The summed E-state index contributed by atoms with van der Waals surface area (Å²) in [6, 6.07) is 1.91. The molecule has 0 saturated heterocycles. The smallest absolute Gasteiger partial charge is 0.257 e. The molecular weight excluding hydrogens is 298 g/mol. The first-order valence-corrected chi connectivity index (χ1v) is 7.44. The van der Waals surface area contributed by atoms with Gasteiger partial charge < -0.3 is 9.72 Å². The van der Waals surface area contributed by atoms with Gasteiger partial charge in [0.15, 0.2) is 5.16 Å². The van der Waals surface area contributed by atoms with Crippen LogP contribution in [0.5, 0.6) is 0 Å². The molecule has 0 fully saturated rings. The number of nitrogens with zero attached hydrogens (tertiary/aromatic N) is 2. The van der Waals surface area contributed by atoms with Crippen LogP contribution >= 0.6 is 23.4 Å². The molecule has 0 unspecified atom stereocenters.